The first-order valence-corrected chi connectivity index (χ1v) is 7.89. The average Bonchev–Trinajstić information content (AvgIpc) is 3.45. The number of carbonyl (C=O) groups is 1. The first kappa shape index (κ1) is 19.4. The van der Waals surface area contributed by atoms with Gasteiger partial charge in [-0.05, 0) is 0 Å². The zero-order chi connectivity index (χ0) is 17.3. The molecule has 5 heteroatoms. The van der Waals surface area contributed by atoms with Gasteiger partial charge in [0.15, 0.2) is 11.5 Å². The molecule has 0 aliphatic heterocycles. The van der Waals surface area contributed by atoms with Crippen LogP contribution < -0.4 is 0 Å². The molecule has 132 valence electrons. The molecule has 0 saturated heterocycles. The monoisotopic (exact) mass is 387 g/mol. The van der Waals surface area contributed by atoms with Crippen LogP contribution in [0.4, 0.5) is 0 Å². The number of hydrogen-bond acceptors (Lipinski definition) is 4. The Balaban J connectivity index is 0.000000351. The Morgan fingerprint density at radius 1 is 1.04 bits per heavy atom. The third kappa shape index (κ3) is 5.59. The summed E-state index contributed by atoms with van der Waals surface area (Å²) in [6.45, 7) is 0.235. The largest absolute Gasteiger partial charge is 2.00 e. The van der Waals surface area contributed by atoms with Gasteiger partial charge in [0.25, 0.3) is 0 Å². The van der Waals surface area contributed by atoms with Crippen molar-refractivity contribution in [1.29, 1.82) is 0 Å². The Morgan fingerprint density at radius 2 is 1.73 bits per heavy atom. The molecule has 0 radical (unpaired) electrons. The molecule has 0 saturated carbocycles. The third-order valence-corrected chi connectivity index (χ3v) is 3.43. The van der Waals surface area contributed by atoms with Gasteiger partial charge in [0, 0.05) is 11.6 Å². The molecule has 0 aliphatic rings. The molecule has 0 atom stereocenters. The van der Waals surface area contributed by atoms with Crippen LogP contribution in [-0.2, 0) is 28.4 Å². The van der Waals surface area contributed by atoms with Gasteiger partial charge >= 0.3 is 23.0 Å². The Labute approximate surface area is 162 Å². The maximum Gasteiger partial charge on any atom is 2.00 e. The predicted octanol–water partition coefficient (Wildman–Crippen LogP) is 4.82. The van der Waals surface area contributed by atoms with E-state index in [9.17, 15) is 4.79 Å². The Hall–Kier alpha value is -2.88. The molecule has 0 unspecified atom stereocenters. The summed E-state index contributed by atoms with van der Waals surface area (Å²) in [7, 11) is 0. The molecule has 3 aromatic carbocycles. The van der Waals surface area contributed by atoms with E-state index in [1.165, 1.54) is 0 Å². The van der Waals surface area contributed by atoms with Crippen LogP contribution >= 0.6 is 0 Å². The summed E-state index contributed by atoms with van der Waals surface area (Å²) in [5.74, 6) is 0.0583. The van der Waals surface area contributed by atoms with Gasteiger partial charge in [-0.25, -0.2) is 29.1 Å². The van der Waals surface area contributed by atoms with Crippen molar-refractivity contribution < 1.29 is 31.1 Å². The first-order chi connectivity index (χ1) is 12.3. The minimum absolute atomic E-state index is 0. The molecule has 1 aromatic heterocycles. The summed E-state index contributed by atoms with van der Waals surface area (Å²) in [6.07, 6.45) is 0. The van der Waals surface area contributed by atoms with Gasteiger partial charge in [-0.2, -0.15) is 30.3 Å². The van der Waals surface area contributed by atoms with E-state index in [-0.39, 0.29) is 29.4 Å². The van der Waals surface area contributed by atoms with E-state index < -0.39 is 5.97 Å². The molecule has 0 amide bonds. The SMILES string of the molecule is O=C(OC[c-]1cccc1)c1cc(-c2ccccc2)on1.[Fe+2].c1cc[cH-]c1. The van der Waals surface area contributed by atoms with Gasteiger partial charge in [0.1, 0.15) is 0 Å². The molecule has 4 rings (SSSR count). The second-order valence-electron chi connectivity index (χ2n) is 5.27. The number of carbonyl (C=O) groups excluding carboxylic acids is 1. The number of rotatable bonds is 4. The summed E-state index contributed by atoms with van der Waals surface area (Å²) >= 11 is 0. The summed E-state index contributed by atoms with van der Waals surface area (Å²) in [5, 5.41) is 3.74. The van der Waals surface area contributed by atoms with Gasteiger partial charge in [-0.15, -0.1) is 5.56 Å². The van der Waals surface area contributed by atoms with E-state index in [1.54, 1.807) is 6.07 Å². The quantitative estimate of drug-likeness (QED) is 0.286. The molecule has 1 heterocycles. The zero-order valence-electron chi connectivity index (χ0n) is 13.9. The number of esters is 1. The van der Waals surface area contributed by atoms with Crippen LogP contribution in [-0.4, -0.2) is 11.1 Å². The molecule has 0 N–H and O–H groups in total. The van der Waals surface area contributed by atoms with Crippen LogP contribution in [0, 0.1) is 0 Å². The van der Waals surface area contributed by atoms with Gasteiger partial charge in [-0.1, -0.05) is 35.5 Å². The zero-order valence-corrected chi connectivity index (χ0v) is 15.0. The number of hydrogen-bond donors (Lipinski definition) is 0. The topological polar surface area (TPSA) is 52.3 Å². The molecule has 0 aliphatic carbocycles. The van der Waals surface area contributed by atoms with Crippen LogP contribution in [0.25, 0.3) is 11.3 Å². The van der Waals surface area contributed by atoms with E-state index in [0.29, 0.717) is 5.76 Å². The average molecular weight is 387 g/mol. The molecule has 0 fully saturated rings. The maximum atomic E-state index is 11.8. The van der Waals surface area contributed by atoms with E-state index in [0.717, 1.165) is 11.1 Å². The second kappa shape index (κ2) is 10.2. The van der Waals surface area contributed by atoms with E-state index in [4.69, 9.17) is 9.26 Å². The van der Waals surface area contributed by atoms with Gasteiger partial charge < -0.3 is 9.26 Å². The smallest absolute Gasteiger partial charge is 0.469 e. The normalized spacial score (nSPS) is 9.54. The van der Waals surface area contributed by atoms with E-state index >= 15 is 0 Å². The van der Waals surface area contributed by atoms with Crippen molar-refractivity contribution in [1.82, 2.24) is 5.16 Å². The molecule has 26 heavy (non-hydrogen) atoms. The van der Waals surface area contributed by atoms with Crippen LogP contribution in [0.3, 0.4) is 0 Å². The van der Waals surface area contributed by atoms with Crippen molar-refractivity contribution in [2.75, 3.05) is 0 Å². The van der Waals surface area contributed by atoms with Crippen molar-refractivity contribution >= 4 is 5.97 Å². The van der Waals surface area contributed by atoms with Crippen molar-refractivity contribution in [2.45, 2.75) is 6.61 Å². The van der Waals surface area contributed by atoms with Crippen molar-refractivity contribution in [3.8, 4) is 11.3 Å². The van der Waals surface area contributed by atoms with Crippen LogP contribution in [0.15, 0.2) is 95.5 Å². The second-order valence-corrected chi connectivity index (χ2v) is 5.27. The molecule has 4 aromatic rings. The summed E-state index contributed by atoms with van der Waals surface area (Å²) in [5.41, 5.74) is 2.00. The van der Waals surface area contributed by atoms with Crippen molar-refractivity contribution in [3.05, 3.63) is 102 Å². The number of aromatic nitrogens is 1. The third-order valence-electron chi connectivity index (χ3n) is 3.43. The van der Waals surface area contributed by atoms with E-state index in [1.807, 2.05) is 84.9 Å². The standard InChI is InChI=1S/C16H12NO3.C5H5.Fe/c18-16(19-11-12-6-4-5-7-12)14-10-15(20-17-14)13-8-2-1-3-9-13;1-2-4-5-3-1;/h1-10H,11H2;1-5H;/q2*-1;+2. The summed E-state index contributed by atoms with van der Waals surface area (Å²) in [6, 6.07) is 28.6. The van der Waals surface area contributed by atoms with Gasteiger partial charge in [0.05, 0.1) is 6.61 Å². The molecule has 0 bridgehead atoms. The fourth-order valence-electron chi connectivity index (χ4n) is 2.16. The van der Waals surface area contributed by atoms with Crippen molar-refractivity contribution in [3.63, 3.8) is 0 Å². The minimum atomic E-state index is -0.489. The fraction of sp³-hybridized carbons (Fsp3) is 0.0476. The van der Waals surface area contributed by atoms with Crippen LogP contribution in [0.5, 0.6) is 0 Å². The van der Waals surface area contributed by atoms with Crippen molar-refractivity contribution in [2.24, 2.45) is 0 Å². The van der Waals surface area contributed by atoms with Crippen LogP contribution in [0.2, 0.25) is 0 Å². The maximum absolute atomic E-state index is 11.8. The number of benzene rings is 1. The number of ether oxygens (including phenoxy) is 1. The Kier molecular flexibility index (Phi) is 7.62. The predicted molar refractivity (Wildman–Crippen MR) is 95.1 cm³/mol. The molecular formula is C21H17FeNO3. The Bertz CT molecular complexity index is 848. The minimum Gasteiger partial charge on any atom is -0.469 e. The van der Waals surface area contributed by atoms with Gasteiger partial charge in [-0.3, -0.25) is 0 Å². The molecule has 0 spiro atoms. The van der Waals surface area contributed by atoms with Gasteiger partial charge in [0.2, 0.25) is 0 Å². The molecular weight excluding hydrogens is 370 g/mol. The van der Waals surface area contributed by atoms with E-state index in [2.05, 4.69) is 5.16 Å². The first-order valence-electron chi connectivity index (χ1n) is 7.89. The number of nitrogens with zero attached hydrogens (tertiary/aromatic N) is 1. The molecule has 4 nitrogen and oxygen atoms in total. The summed E-state index contributed by atoms with van der Waals surface area (Å²) < 4.78 is 10.3. The fourth-order valence-corrected chi connectivity index (χ4v) is 2.16. The summed E-state index contributed by atoms with van der Waals surface area (Å²) in [4.78, 5) is 11.8. The van der Waals surface area contributed by atoms with Crippen LogP contribution in [0.1, 0.15) is 16.1 Å². The Morgan fingerprint density at radius 3 is 2.35 bits per heavy atom.